The second-order valence-corrected chi connectivity index (χ2v) is 9.04. The van der Waals surface area contributed by atoms with Gasteiger partial charge in [0.25, 0.3) is 0 Å². The van der Waals surface area contributed by atoms with Crippen molar-refractivity contribution in [1.29, 1.82) is 0 Å². The van der Waals surface area contributed by atoms with Gasteiger partial charge in [-0.25, -0.2) is 8.42 Å². The van der Waals surface area contributed by atoms with E-state index in [0.29, 0.717) is 23.7 Å². The quantitative estimate of drug-likeness (QED) is 0.762. The molecule has 1 atom stereocenters. The van der Waals surface area contributed by atoms with Crippen molar-refractivity contribution in [1.82, 2.24) is 5.32 Å². The number of rotatable bonds is 7. The van der Waals surface area contributed by atoms with Crippen molar-refractivity contribution in [3.8, 4) is 0 Å². The highest BCUT2D eigenvalue weighted by Crippen LogP contribution is 2.23. The zero-order chi connectivity index (χ0) is 20.2. The molecule has 0 heterocycles. The van der Waals surface area contributed by atoms with Crippen molar-refractivity contribution in [3.05, 3.63) is 64.2 Å². The highest BCUT2D eigenvalue weighted by molar-refractivity contribution is 7.92. The highest BCUT2D eigenvalue weighted by Gasteiger charge is 2.29. The van der Waals surface area contributed by atoms with Gasteiger partial charge in [-0.2, -0.15) is 0 Å². The number of hydrogen-bond acceptors (Lipinski definition) is 3. The van der Waals surface area contributed by atoms with E-state index in [1.54, 1.807) is 31.2 Å². The van der Waals surface area contributed by atoms with Crippen molar-refractivity contribution < 1.29 is 13.2 Å². The number of carbonyl (C=O) groups excluding carboxylic acids is 1. The zero-order valence-electron chi connectivity index (χ0n) is 16.0. The Morgan fingerprint density at radius 3 is 2.19 bits per heavy atom. The molecule has 0 saturated carbocycles. The second kappa shape index (κ2) is 8.76. The summed E-state index contributed by atoms with van der Waals surface area (Å²) in [7, 11) is -3.62. The molecule has 7 heteroatoms. The molecule has 0 aliphatic carbocycles. The molecular weight excluding hydrogens is 384 g/mol. The van der Waals surface area contributed by atoms with Gasteiger partial charge in [-0.15, -0.1) is 0 Å². The van der Waals surface area contributed by atoms with Crippen LogP contribution in [0.1, 0.15) is 23.6 Å². The normalized spacial score (nSPS) is 12.5. The maximum Gasteiger partial charge on any atom is 0.243 e. The van der Waals surface area contributed by atoms with Crippen LogP contribution >= 0.6 is 11.6 Å². The maximum absolute atomic E-state index is 12.6. The monoisotopic (exact) mass is 408 g/mol. The van der Waals surface area contributed by atoms with Gasteiger partial charge < -0.3 is 5.32 Å². The molecule has 2 rings (SSSR count). The van der Waals surface area contributed by atoms with Crippen LogP contribution in [0.4, 0.5) is 5.69 Å². The molecule has 0 fully saturated rings. The number of hydrogen-bond donors (Lipinski definition) is 1. The lowest BCUT2D eigenvalue weighted by molar-refractivity contribution is -0.121. The summed E-state index contributed by atoms with van der Waals surface area (Å²) in [6.07, 6.45) is 1.75. The smallest absolute Gasteiger partial charge is 0.243 e. The molecule has 146 valence electrons. The third kappa shape index (κ3) is 5.97. The van der Waals surface area contributed by atoms with Crippen molar-refractivity contribution in [2.45, 2.75) is 33.2 Å². The Labute approximate surface area is 166 Å². The van der Waals surface area contributed by atoms with Crippen molar-refractivity contribution in [3.63, 3.8) is 0 Å². The molecule has 0 bridgehead atoms. The van der Waals surface area contributed by atoms with Gasteiger partial charge in [0, 0.05) is 11.6 Å². The van der Waals surface area contributed by atoms with Crippen LogP contribution in [0.15, 0.2) is 42.5 Å². The van der Waals surface area contributed by atoms with Gasteiger partial charge in [0.2, 0.25) is 15.9 Å². The van der Waals surface area contributed by atoms with E-state index in [1.807, 2.05) is 32.0 Å². The van der Waals surface area contributed by atoms with Gasteiger partial charge in [0.05, 0.1) is 11.9 Å². The lowest BCUT2D eigenvalue weighted by Crippen LogP contribution is -2.48. The molecule has 2 aromatic rings. The summed E-state index contributed by atoms with van der Waals surface area (Å²) < 4.78 is 25.9. The molecule has 0 spiro atoms. The Morgan fingerprint density at radius 1 is 1.11 bits per heavy atom. The molecule has 1 N–H and O–H groups in total. The van der Waals surface area contributed by atoms with Gasteiger partial charge in [-0.3, -0.25) is 9.10 Å². The predicted molar refractivity (Wildman–Crippen MR) is 111 cm³/mol. The first-order valence-corrected chi connectivity index (χ1v) is 10.9. The van der Waals surface area contributed by atoms with Crippen LogP contribution in [0.25, 0.3) is 0 Å². The number of sulfonamides is 1. The first-order chi connectivity index (χ1) is 12.6. The van der Waals surface area contributed by atoms with Crippen LogP contribution in [0.2, 0.25) is 5.02 Å². The molecule has 1 unspecified atom stereocenters. The fourth-order valence-corrected chi connectivity index (χ4v) is 4.30. The lowest BCUT2D eigenvalue weighted by Gasteiger charge is -2.28. The highest BCUT2D eigenvalue weighted by atomic mass is 35.5. The standard InChI is InChI=1S/C20H25ClN2O3S/c1-14-11-15(2)13-19(12-14)23(27(4,25)26)16(3)20(24)22-10-9-17-5-7-18(21)8-6-17/h5-8,11-13,16H,9-10H2,1-4H3,(H,22,24). The Bertz CT molecular complexity index is 891. The van der Waals surface area contributed by atoms with Crippen LogP contribution < -0.4 is 9.62 Å². The SMILES string of the molecule is Cc1cc(C)cc(N(C(C)C(=O)NCCc2ccc(Cl)cc2)S(C)(=O)=O)c1. The molecule has 0 aromatic heterocycles. The third-order valence-electron chi connectivity index (χ3n) is 4.18. The third-order valence-corrected chi connectivity index (χ3v) is 5.67. The fraction of sp³-hybridized carbons (Fsp3) is 0.350. The van der Waals surface area contributed by atoms with Crippen molar-refractivity contribution in [2.75, 3.05) is 17.1 Å². The van der Waals surface area contributed by atoms with Crippen LogP contribution in [0, 0.1) is 13.8 Å². The zero-order valence-corrected chi connectivity index (χ0v) is 17.6. The molecule has 5 nitrogen and oxygen atoms in total. The van der Waals surface area contributed by atoms with Crippen molar-refractivity contribution >= 4 is 33.2 Å². The number of nitrogens with one attached hydrogen (secondary N) is 1. The summed E-state index contributed by atoms with van der Waals surface area (Å²) in [4.78, 5) is 12.6. The fourth-order valence-electron chi connectivity index (χ4n) is 3.02. The number of halogens is 1. The van der Waals surface area contributed by atoms with Gasteiger partial charge >= 0.3 is 0 Å². The van der Waals surface area contributed by atoms with Crippen LogP contribution in [-0.4, -0.2) is 33.2 Å². The number of anilines is 1. The Hall–Kier alpha value is -2.05. The second-order valence-electron chi connectivity index (χ2n) is 6.75. The largest absolute Gasteiger partial charge is 0.354 e. The molecule has 0 aliphatic rings. The Balaban J connectivity index is 2.11. The average molecular weight is 409 g/mol. The molecular formula is C20H25ClN2O3S. The molecule has 2 aromatic carbocycles. The minimum atomic E-state index is -3.62. The minimum Gasteiger partial charge on any atom is -0.354 e. The van der Waals surface area contributed by atoms with E-state index in [2.05, 4.69) is 5.32 Å². The maximum atomic E-state index is 12.6. The van der Waals surface area contributed by atoms with E-state index in [-0.39, 0.29) is 5.91 Å². The van der Waals surface area contributed by atoms with E-state index in [4.69, 9.17) is 11.6 Å². The number of carbonyl (C=O) groups is 1. The van der Waals surface area contributed by atoms with Crippen molar-refractivity contribution in [2.24, 2.45) is 0 Å². The molecule has 0 radical (unpaired) electrons. The van der Waals surface area contributed by atoms with Gasteiger partial charge in [-0.1, -0.05) is 29.8 Å². The van der Waals surface area contributed by atoms with Gasteiger partial charge in [0.1, 0.15) is 6.04 Å². The van der Waals surface area contributed by atoms with Crippen LogP contribution in [0.3, 0.4) is 0 Å². The van der Waals surface area contributed by atoms with E-state index in [9.17, 15) is 13.2 Å². The summed E-state index contributed by atoms with van der Waals surface area (Å²) >= 11 is 5.86. The summed E-state index contributed by atoms with van der Waals surface area (Å²) in [5, 5.41) is 3.48. The van der Waals surface area contributed by atoms with E-state index in [0.717, 1.165) is 22.9 Å². The molecule has 0 aliphatic heterocycles. The van der Waals surface area contributed by atoms with E-state index >= 15 is 0 Å². The molecule has 27 heavy (non-hydrogen) atoms. The molecule has 1 amide bonds. The first-order valence-electron chi connectivity index (χ1n) is 8.68. The van der Waals surface area contributed by atoms with E-state index < -0.39 is 16.1 Å². The first kappa shape index (κ1) is 21.3. The number of amides is 1. The summed E-state index contributed by atoms with van der Waals surface area (Å²) in [6.45, 7) is 5.80. The Kier molecular flexibility index (Phi) is 6.89. The summed E-state index contributed by atoms with van der Waals surface area (Å²) in [5.41, 5.74) is 3.42. The van der Waals surface area contributed by atoms with Crippen LogP contribution in [-0.2, 0) is 21.2 Å². The number of nitrogens with zero attached hydrogens (tertiary/aromatic N) is 1. The molecule has 0 saturated heterocycles. The van der Waals surface area contributed by atoms with Crippen LogP contribution in [0.5, 0.6) is 0 Å². The summed E-state index contributed by atoms with van der Waals surface area (Å²) in [6, 6.07) is 12.0. The van der Waals surface area contributed by atoms with Gasteiger partial charge in [-0.05, 0) is 68.1 Å². The topological polar surface area (TPSA) is 66.5 Å². The predicted octanol–water partition coefficient (Wildman–Crippen LogP) is 3.47. The minimum absolute atomic E-state index is 0.339. The lowest BCUT2D eigenvalue weighted by atomic mass is 10.1. The van der Waals surface area contributed by atoms with Gasteiger partial charge in [0.15, 0.2) is 0 Å². The number of aryl methyl sites for hydroxylation is 2. The van der Waals surface area contributed by atoms with E-state index in [1.165, 1.54) is 4.31 Å². The Morgan fingerprint density at radius 2 is 1.67 bits per heavy atom. The summed E-state index contributed by atoms with van der Waals surface area (Å²) in [5.74, 6) is -0.339. The average Bonchev–Trinajstić information content (AvgIpc) is 2.54. The number of benzene rings is 2.